The Hall–Kier alpha value is -1.75. The van der Waals surface area contributed by atoms with Crippen LogP contribution in [0.15, 0.2) is 36.9 Å². The van der Waals surface area contributed by atoms with E-state index in [0.29, 0.717) is 17.7 Å². The van der Waals surface area contributed by atoms with Crippen molar-refractivity contribution >= 4 is 17.2 Å². The Balaban J connectivity index is 2.32. The summed E-state index contributed by atoms with van der Waals surface area (Å²) in [6.07, 6.45) is 5.05. The SMILES string of the molecule is NC(=S)c1ccc(F)c(Cn2ccnc2)c1. The van der Waals surface area contributed by atoms with E-state index in [1.807, 2.05) is 0 Å². The molecule has 0 spiro atoms. The largest absolute Gasteiger partial charge is 0.389 e. The van der Waals surface area contributed by atoms with Gasteiger partial charge in [0.25, 0.3) is 0 Å². The summed E-state index contributed by atoms with van der Waals surface area (Å²) in [5.74, 6) is -0.270. The molecule has 3 nitrogen and oxygen atoms in total. The molecular formula is C11H10FN3S. The molecule has 1 heterocycles. The van der Waals surface area contributed by atoms with Crippen LogP contribution in [0.25, 0.3) is 0 Å². The van der Waals surface area contributed by atoms with Crippen LogP contribution in [0.4, 0.5) is 4.39 Å². The zero-order valence-corrected chi connectivity index (χ0v) is 9.25. The molecule has 0 saturated heterocycles. The topological polar surface area (TPSA) is 43.8 Å². The second kappa shape index (κ2) is 4.40. The van der Waals surface area contributed by atoms with Crippen molar-refractivity contribution in [2.24, 2.45) is 5.73 Å². The number of benzene rings is 1. The summed E-state index contributed by atoms with van der Waals surface area (Å²) < 4.78 is 15.3. The Morgan fingerprint density at radius 3 is 2.94 bits per heavy atom. The first kappa shape index (κ1) is 10.8. The standard InChI is InChI=1S/C11H10FN3S/c12-10-2-1-8(11(13)16)5-9(10)6-15-4-3-14-7-15/h1-5,7H,6H2,(H2,13,16). The Labute approximate surface area is 97.7 Å². The van der Waals surface area contributed by atoms with Crippen molar-refractivity contribution in [2.75, 3.05) is 0 Å². The van der Waals surface area contributed by atoms with E-state index in [4.69, 9.17) is 18.0 Å². The molecule has 0 aliphatic heterocycles. The van der Waals surface area contributed by atoms with Gasteiger partial charge in [-0.15, -0.1) is 0 Å². The Morgan fingerprint density at radius 2 is 2.31 bits per heavy atom. The minimum atomic E-state index is -0.270. The van der Waals surface area contributed by atoms with E-state index in [1.54, 1.807) is 35.4 Å². The van der Waals surface area contributed by atoms with Gasteiger partial charge in [0.15, 0.2) is 0 Å². The Bertz CT molecular complexity index is 508. The molecule has 0 unspecified atom stereocenters. The summed E-state index contributed by atoms with van der Waals surface area (Å²) in [4.78, 5) is 4.17. The number of hydrogen-bond donors (Lipinski definition) is 1. The minimum Gasteiger partial charge on any atom is -0.389 e. The lowest BCUT2D eigenvalue weighted by molar-refractivity contribution is 0.599. The number of nitrogens with two attached hydrogens (primary N) is 1. The number of imidazole rings is 1. The van der Waals surface area contributed by atoms with Crippen LogP contribution in [0.1, 0.15) is 11.1 Å². The fourth-order valence-electron chi connectivity index (χ4n) is 1.43. The molecule has 2 N–H and O–H groups in total. The van der Waals surface area contributed by atoms with E-state index in [0.717, 1.165) is 0 Å². The van der Waals surface area contributed by atoms with E-state index in [-0.39, 0.29) is 10.8 Å². The number of halogens is 1. The average Bonchev–Trinajstić information content (AvgIpc) is 2.73. The maximum atomic E-state index is 13.5. The van der Waals surface area contributed by atoms with Crippen molar-refractivity contribution in [3.05, 3.63) is 53.9 Å². The highest BCUT2D eigenvalue weighted by atomic mass is 32.1. The van der Waals surface area contributed by atoms with Gasteiger partial charge in [-0.1, -0.05) is 12.2 Å². The van der Waals surface area contributed by atoms with E-state index in [2.05, 4.69) is 4.98 Å². The van der Waals surface area contributed by atoms with Gasteiger partial charge in [0.05, 0.1) is 12.9 Å². The number of rotatable bonds is 3. The Morgan fingerprint density at radius 1 is 1.50 bits per heavy atom. The third-order valence-electron chi connectivity index (χ3n) is 2.24. The zero-order valence-electron chi connectivity index (χ0n) is 8.43. The van der Waals surface area contributed by atoms with Gasteiger partial charge >= 0.3 is 0 Å². The molecule has 0 aliphatic carbocycles. The van der Waals surface area contributed by atoms with Gasteiger partial charge in [0.1, 0.15) is 10.8 Å². The summed E-state index contributed by atoms with van der Waals surface area (Å²) in [6.45, 7) is 0.419. The normalized spacial score (nSPS) is 10.3. The van der Waals surface area contributed by atoms with Gasteiger partial charge in [0, 0.05) is 23.5 Å². The summed E-state index contributed by atoms with van der Waals surface area (Å²) >= 11 is 4.85. The maximum absolute atomic E-state index is 13.5. The van der Waals surface area contributed by atoms with Gasteiger partial charge in [-0.25, -0.2) is 9.37 Å². The highest BCUT2D eigenvalue weighted by Crippen LogP contribution is 2.12. The first-order chi connectivity index (χ1) is 7.66. The van der Waals surface area contributed by atoms with Crippen molar-refractivity contribution in [1.82, 2.24) is 9.55 Å². The predicted octanol–water partition coefficient (Wildman–Crippen LogP) is 1.70. The van der Waals surface area contributed by atoms with Crippen molar-refractivity contribution in [1.29, 1.82) is 0 Å². The van der Waals surface area contributed by atoms with E-state index >= 15 is 0 Å². The molecule has 2 rings (SSSR count). The third kappa shape index (κ3) is 2.25. The van der Waals surface area contributed by atoms with Crippen molar-refractivity contribution in [2.45, 2.75) is 6.54 Å². The maximum Gasteiger partial charge on any atom is 0.128 e. The molecule has 0 aliphatic rings. The van der Waals surface area contributed by atoms with Crippen LogP contribution in [0.2, 0.25) is 0 Å². The summed E-state index contributed by atoms with van der Waals surface area (Å²) in [5, 5.41) is 0. The molecule has 1 aromatic heterocycles. The van der Waals surface area contributed by atoms with E-state index in [9.17, 15) is 4.39 Å². The van der Waals surface area contributed by atoms with Crippen LogP contribution in [-0.4, -0.2) is 14.5 Å². The summed E-state index contributed by atoms with van der Waals surface area (Å²) in [6, 6.07) is 4.62. The van der Waals surface area contributed by atoms with Gasteiger partial charge in [0.2, 0.25) is 0 Å². The van der Waals surface area contributed by atoms with Crippen LogP contribution < -0.4 is 5.73 Å². The highest BCUT2D eigenvalue weighted by Gasteiger charge is 2.05. The number of aromatic nitrogens is 2. The van der Waals surface area contributed by atoms with E-state index in [1.165, 1.54) is 6.07 Å². The highest BCUT2D eigenvalue weighted by molar-refractivity contribution is 7.80. The molecular weight excluding hydrogens is 225 g/mol. The monoisotopic (exact) mass is 235 g/mol. The molecule has 0 amide bonds. The zero-order chi connectivity index (χ0) is 11.5. The first-order valence-corrected chi connectivity index (χ1v) is 5.11. The summed E-state index contributed by atoms with van der Waals surface area (Å²) in [5.41, 5.74) is 6.71. The smallest absolute Gasteiger partial charge is 0.128 e. The minimum absolute atomic E-state index is 0.270. The van der Waals surface area contributed by atoms with Crippen LogP contribution in [0.3, 0.4) is 0 Å². The van der Waals surface area contributed by atoms with Gasteiger partial charge in [-0.3, -0.25) is 0 Å². The lowest BCUT2D eigenvalue weighted by Gasteiger charge is -2.06. The van der Waals surface area contributed by atoms with Crippen LogP contribution in [0, 0.1) is 5.82 Å². The van der Waals surface area contributed by atoms with Crippen LogP contribution >= 0.6 is 12.2 Å². The van der Waals surface area contributed by atoms with E-state index < -0.39 is 0 Å². The molecule has 82 valence electrons. The average molecular weight is 235 g/mol. The molecule has 5 heteroatoms. The first-order valence-electron chi connectivity index (χ1n) is 4.71. The van der Waals surface area contributed by atoms with Crippen molar-refractivity contribution in [3.63, 3.8) is 0 Å². The number of hydrogen-bond acceptors (Lipinski definition) is 2. The fraction of sp³-hybridized carbons (Fsp3) is 0.0909. The second-order valence-electron chi connectivity index (χ2n) is 3.41. The third-order valence-corrected chi connectivity index (χ3v) is 2.48. The molecule has 0 radical (unpaired) electrons. The van der Waals surface area contributed by atoms with Crippen LogP contribution in [-0.2, 0) is 6.54 Å². The number of nitrogens with zero attached hydrogens (tertiary/aromatic N) is 2. The molecule has 2 aromatic rings. The lowest BCUT2D eigenvalue weighted by atomic mass is 10.1. The van der Waals surface area contributed by atoms with Crippen molar-refractivity contribution in [3.8, 4) is 0 Å². The molecule has 0 fully saturated rings. The fourth-order valence-corrected chi connectivity index (χ4v) is 1.55. The summed E-state index contributed by atoms with van der Waals surface area (Å²) in [7, 11) is 0. The molecule has 0 saturated carbocycles. The number of thiocarbonyl (C=S) groups is 1. The van der Waals surface area contributed by atoms with Crippen LogP contribution in [0.5, 0.6) is 0 Å². The van der Waals surface area contributed by atoms with Gasteiger partial charge < -0.3 is 10.3 Å². The van der Waals surface area contributed by atoms with Crippen molar-refractivity contribution < 1.29 is 4.39 Å². The Kier molecular flexibility index (Phi) is 2.96. The molecule has 16 heavy (non-hydrogen) atoms. The lowest BCUT2D eigenvalue weighted by Crippen LogP contribution is -2.11. The quantitative estimate of drug-likeness (QED) is 0.824. The van der Waals surface area contributed by atoms with Gasteiger partial charge in [-0.2, -0.15) is 0 Å². The predicted molar refractivity (Wildman–Crippen MR) is 63.6 cm³/mol. The van der Waals surface area contributed by atoms with Gasteiger partial charge in [-0.05, 0) is 18.2 Å². The molecule has 0 atom stereocenters. The molecule has 0 bridgehead atoms. The molecule has 1 aromatic carbocycles. The second-order valence-corrected chi connectivity index (χ2v) is 3.85.